The van der Waals surface area contributed by atoms with Gasteiger partial charge in [-0.1, -0.05) is 46.3 Å². The van der Waals surface area contributed by atoms with Crippen LogP contribution in [0.5, 0.6) is 0 Å². The highest BCUT2D eigenvalue weighted by molar-refractivity contribution is 9.08. The standard InChI is InChI=1S/C15H14BrNO/c1-12(18)17(14-5-3-2-4-6-14)15-9-7-13(11-16)8-10-15/h2-10H,11H2,1H3. The molecular weight excluding hydrogens is 290 g/mol. The lowest BCUT2D eigenvalue weighted by Crippen LogP contribution is -2.22. The smallest absolute Gasteiger partial charge is 0.228 e. The number of benzene rings is 2. The first kappa shape index (κ1) is 12.8. The fraction of sp³-hybridized carbons (Fsp3) is 0.133. The Balaban J connectivity index is 2.39. The summed E-state index contributed by atoms with van der Waals surface area (Å²) in [4.78, 5) is 13.5. The summed E-state index contributed by atoms with van der Waals surface area (Å²) < 4.78 is 0. The van der Waals surface area contributed by atoms with E-state index < -0.39 is 0 Å². The maximum absolute atomic E-state index is 11.8. The molecule has 0 saturated heterocycles. The fourth-order valence-electron chi connectivity index (χ4n) is 1.82. The first-order chi connectivity index (χ1) is 8.72. The van der Waals surface area contributed by atoms with Crippen molar-refractivity contribution in [3.05, 3.63) is 60.2 Å². The zero-order valence-electron chi connectivity index (χ0n) is 10.1. The first-order valence-corrected chi connectivity index (χ1v) is 6.85. The summed E-state index contributed by atoms with van der Waals surface area (Å²) in [7, 11) is 0. The Labute approximate surface area is 115 Å². The van der Waals surface area contributed by atoms with Gasteiger partial charge in [-0.3, -0.25) is 9.69 Å². The van der Waals surface area contributed by atoms with Gasteiger partial charge in [-0.25, -0.2) is 0 Å². The van der Waals surface area contributed by atoms with Gasteiger partial charge in [0.1, 0.15) is 0 Å². The predicted molar refractivity (Wildman–Crippen MR) is 78.3 cm³/mol. The summed E-state index contributed by atoms with van der Waals surface area (Å²) in [6, 6.07) is 17.6. The van der Waals surface area contributed by atoms with E-state index in [0.717, 1.165) is 16.7 Å². The monoisotopic (exact) mass is 303 g/mol. The Morgan fingerprint density at radius 2 is 1.56 bits per heavy atom. The lowest BCUT2D eigenvalue weighted by molar-refractivity contribution is -0.115. The van der Waals surface area contributed by atoms with Gasteiger partial charge in [-0.2, -0.15) is 0 Å². The van der Waals surface area contributed by atoms with Crippen LogP contribution < -0.4 is 4.90 Å². The number of rotatable bonds is 3. The molecule has 0 aliphatic carbocycles. The Kier molecular flexibility index (Phi) is 4.15. The van der Waals surface area contributed by atoms with Crippen molar-refractivity contribution in [1.82, 2.24) is 0 Å². The van der Waals surface area contributed by atoms with Crippen molar-refractivity contribution in [3.63, 3.8) is 0 Å². The van der Waals surface area contributed by atoms with Crippen molar-refractivity contribution in [3.8, 4) is 0 Å². The molecule has 2 aromatic rings. The van der Waals surface area contributed by atoms with E-state index in [1.807, 2.05) is 54.6 Å². The molecule has 0 aromatic heterocycles. The van der Waals surface area contributed by atoms with Crippen LogP contribution in [0.15, 0.2) is 54.6 Å². The number of nitrogens with zero attached hydrogens (tertiary/aromatic N) is 1. The van der Waals surface area contributed by atoms with Crippen LogP contribution >= 0.6 is 15.9 Å². The van der Waals surface area contributed by atoms with Crippen LogP contribution in [0.25, 0.3) is 0 Å². The van der Waals surface area contributed by atoms with Gasteiger partial charge >= 0.3 is 0 Å². The van der Waals surface area contributed by atoms with Crippen LogP contribution in [0.1, 0.15) is 12.5 Å². The highest BCUT2D eigenvalue weighted by Crippen LogP contribution is 2.25. The molecule has 2 aromatic carbocycles. The summed E-state index contributed by atoms with van der Waals surface area (Å²) in [5, 5.41) is 0.818. The molecular formula is C15H14BrNO. The molecule has 0 radical (unpaired) electrons. The maximum atomic E-state index is 11.8. The number of amides is 1. The van der Waals surface area contributed by atoms with E-state index in [2.05, 4.69) is 15.9 Å². The second-order valence-corrected chi connectivity index (χ2v) is 4.55. The number of hydrogen-bond acceptors (Lipinski definition) is 1. The summed E-state index contributed by atoms with van der Waals surface area (Å²) in [6.45, 7) is 1.57. The molecule has 2 nitrogen and oxygen atoms in total. The van der Waals surface area contributed by atoms with E-state index in [1.54, 1.807) is 11.8 Å². The molecule has 0 saturated carbocycles. The van der Waals surface area contributed by atoms with E-state index >= 15 is 0 Å². The summed E-state index contributed by atoms with van der Waals surface area (Å²) >= 11 is 3.41. The first-order valence-electron chi connectivity index (χ1n) is 5.73. The van der Waals surface area contributed by atoms with Gasteiger partial charge in [-0.15, -0.1) is 0 Å². The summed E-state index contributed by atoms with van der Waals surface area (Å²) in [5.41, 5.74) is 2.96. The highest BCUT2D eigenvalue weighted by atomic mass is 79.9. The molecule has 0 heterocycles. The topological polar surface area (TPSA) is 20.3 Å². The third-order valence-electron chi connectivity index (χ3n) is 2.68. The molecule has 2 rings (SSSR count). The molecule has 1 amide bonds. The number of carbonyl (C=O) groups excluding carboxylic acids is 1. The Hall–Kier alpha value is -1.61. The number of para-hydroxylation sites is 1. The van der Waals surface area contributed by atoms with Crippen molar-refractivity contribution in [1.29, 1.82) is 0 Å². The van der Waals surface area contributed by atoms with Gasteiger partial charge in [0.2, 0.25) is 5.91 Å². The third kappa shape index (κ3) is 2.79. The van der Waals surface area contributed by atoms with Crippen molar-refractivity contribution >= 4 is 33.2 Å². The van der Waals surface area contributed by atoms with E-state index in [1.165, 1.54) is 5.56 Å². The molecule has 0 spiro atoms. The van der Waals surface area contributed by atoms with Gasteiger partial charge in [0.05, 0.1) is 0 Å². The molecule has 92 valence electrons. The van der Waals surface area contributed by atoms with Gasteiger partial charge in [-0.05, 0) is 29.8 Å². The molecule has 0 aliphatic heterocycles. The van der Waals surface area contributed by atoms with Crippen LogP contribution in [-0.2, 0) is 10.1 Å². The van der Waals surface area contributed by atoms with Crippen LogP contribution in [-0.4, -0.2) is 5.91 Å². The number of alkyl halides is 1. The van der Waals surface area contributed by atoms with Gasteiger partial charge in [0.15, 0.2) is 0 Å². The predicted octanol–water partition coefficient (Wildman–Crippen LogP) is 4.27. The minimum atomic E-state index is 0.00722. The average Bonchev–Trinajstić information content (AvgIpc) is 2.40. The second-order valence-electron chi connectivity index (χ2n) is 3.99. The minimum Gasteiger partial charge on any atom is -0.281 e. The van der Waals surface area contributed by atoms with Crippen molar-refractivity contribution < 1.29 is 4.79 Å². The quantitative estimate of drug-likeness (QED) is 0.776. The van der Waals surface area contributed by atoms with Gasteiger partial charge in [0.25, 0.3) is 0 Å². The normalized spacial score (nSPS) is 10.1. The van der Waals surface area contributed by atoms with Gasteiger partial charge in [0, 0.05) is 23.6 Å². The van der Waals surface area contributed by atoms with Crippen LogP contribution in [0.4, 0.5) is 11.4 Å². The fourth-order valence-corrected chi connectivity index (χ4v) is 2.20. The second kappa shape index (κ2) is 5.83. The summed E-state index contributed by atoms with van der Waals surface area (Å²) in [6.07, 6.45) is 0. The van der Waals surface area contributed by atoms with E-state index in [-0.39, 0.29) is 5.91 Å². The van der Waals surface area contributed by atoms with Crippen LogP contribution in [0.3, 0.4) is 0 Å². The Morgan fingerprint density at radius 1 is 1.00 bits per heavy atom. The van der Waals surface area contributed by atoms with Crippen LogP contribution in [0, 0.1) is 0 Å². The Bertz CT molecular complexity index is 522. The largest absolute Gasteiger partial charge is 0.281 e. The van der Waals surface area contributed by atoms with E-state index in [4.69, 9.17) is 0 Å². The average molecular weight is 304 g/mol. The SMILES string of the molecule is CC(=O)N(c1ccccc1)c1ccc(CBr)cc1. The minimum absolute atomic E-state index is 0.00722. The zero-order chi connectivity index (χ0) is 13.0. The third-order valence-corrected chi connectivity index (χ3v) is 3.33. The van der Waals surface area contributed by atoms with Gasteiger partial charge < -0.3 is 0 Å². The number of halogens is 1. The van der Waals surface area contributed by atoms with Crippen LogP contribution in [0.2, 0.25) is 0 Å². The molecule has 0 unspecified atom stereocenters. The number of carbonyl (C=O) groups is 1. The molecule has 0 atom stereocenters. The maximum Gasteiger partial charge on any atom is 0.228 e. The molecule has 18 heavy (non-hydrogen) atoms. The number of hydrogen-bond donors (Lipinski definition) is 0. The number of anilines is 2. The highest BCUT2D eigenvalue weighted by Gasteiger charge is 2.13. The zero-order valence-corrected chi connectivity index (χ0v) is 11.7. The molecule has 0 aliphatic rings. The molecule has 0 bridgehead atoms. The molecule has 0 fully saturated rings. The van der Waals surface area contributed by atoms with E-state index in [0.29, 0.717) is 0 Å². The van der Waals surface area contributed by atoms with Crippen molar-refractivity contribution in [2.24, 2.45) is 0 Å². The Morgan fingerprint density at radius 3 is 2.06 bits per heavy atom. The molecule has 3 heteroatoms. The lowest BCUT2D eigenvalue weighted by atomic mass is 10.2. The molecule has 0 N–H and O–H groups in total. The lowest BCUT2D eigenvalue weighted by Gasteiger charge is -2.21. The van der Waals surface area contributed by atoms with Crippen molar-refractivity contribution in [2.45, 2.75) is 12.3 Å². The van der Waals surface area contributed by atoms with E-state index in [9.17, 15) is 4.79 Å². The van der Waals surface area contributed by atoms with Crippen molar-refractivity contribution in [2.75, 3.05) is 4.90 Å². The summed E-state index contributed by atoms with van der Waals surface area (Å²) in [5.74, 6) is 0.00722.